The van der Waals surface area contributed by atoms with Gasteiger partial charge in [-0.25, -0.2) is 4.98 Å². The predicted molar refractivity (Wildman–Crippen MR) is 87.1 cm³/mol. The van der Waals surface area contributed by atoms with Gasteiger partial charge in [-0.2, -0.15) is 0 Å². The molecule has 3 N–H and O–H groups in total. The van der Waals surface area contributed by atoms with Crippen molar-refractivity contribution in [1.82, 2.24) is 15.4 Å². The molecule has 2 heterocycles. The number of nitrogens with zero attached hydrogens (tertiary/aromatic N) is 2. The average molecular weight is 298 g/mol. The highest BCUT2D eigenvalue weighted by molar-refractivity contribution is 7.11. The zero-order valence-electron chi connectivity index (χ0n) is 12.1. The van der Waals surface area contributed by atoms with Gasteiger partial charge in [-0.3, -0.25) is 16.3 Å². The third-order valence-corrected chi connectivity index (χ3v) is 4.80. The molecule has 0 amide bonds. The standard InChI is InChI=1S/C16H18N4S/c1-10-11(2)21-16(19-10)9-15(20-17)13-5-3-7-14-12(13)6-4-8-18-14/h3-8,15,20H,9,17H2,1-2H3. The summed E-state index contributed by atoms with van der Waals surface area (Å²) in [6.07, 6.45) is 2.59. The first kappa shape index (κ1) is 14.1. The van der Waals surface area contributed by atoms with Gasteiger partial charge in [0.15, 0.2) is 0 Å². The SMILES string of the molecule is Cc1nc(CC(NN)c2cccc3ncccc23)sc1C. The van der Waals surface area contributed by atoms with E-state index in [2.05, 4.69) is 34.5 Å². The Balaban J connectivity index is 1.98. The van der Waals surface area contributed by atoms with E-state index in [4.69, 9.17) is 5.84 Å². The molecule has 1 unspecified atom stereocenters. The van der Waals surface area contributed by atoms with E-state index >= 15 is 0 Å². The molecule has 4 nitrogen and oxygen atoms in total. The number of hydrazine groups is 1. The summed E-state index contributed by atoms with van der Waals surface area (Å²) in [6.45, 7) is 4.14. The summed E-state index contributed by atoms with van der Waals surface area (Å²) in [5.41, 5.74) is 6.18. The summed E-state index contributed by atoms with van der Waals surface area (Å²) < 4.78 is 0. The van der Waals surface area contributed by atoms with Crippen molar-refractivity contribution in [1.29, 1.82) is 0 Å². The van der Waals surface area contributed by atoms with Gasteiger partial charge in [-0.05, 0) is 31.5 Å². The first-order valence-electron chi connectivity index (χ1n) is 6.91. The molecule has 0 aliphatic heterocycles. The number of nitrogens with two attached hydrogens (primary N) is 1. The van der Waals surface area contributed by atoms with Crippen molar-refractivity contribution in [3.05, 3.63) is 57.7 Å². The first-order valence-corrected chi connectivity index (χ1v) is 7.73. The van der Waals surface area contributed by atoms with Gasteiger partial charge in [0.25, 0.3) is 0 Å². The average Bonchev–Trinajstić information content (AvgIpc) is 2.82. The third-order valence-electron chi connectivity index (χ3n) is 3.71. The number of aromatic nitrogens is 2. The van der Waals surface area contributed by atoms with Crippen LogP contribution in [0.3, 0.4) is 0 Å². The second-order valence-corrected chi connectivity index (χ2v) is 6.38. The molecule has 5 heteroatoms. The summed E-state index contributed by atoms with van der Waals surface area (Å²) in [7, 11) is 0. The van der Waals surface area contributed by atoms with E-state index in [-0.39, 0.29) is 6.04 Å². The lowest BCUT2D eigenvalue weighted by Gasteiger charge is -2.17. The molecule has 3 aromatic rings. The Morgan fingerprint density at radius 1 is 1.24 bits per heavy atom. The first-order chi connectivity index (χ1) is 10.2. The Hall–Kier alpha value is -1.82. The molecule has 0 aliphatic rings. The molecule has 3 rings (SSSR count). The Morgan fingerprint density at radius 3 is 2.81 bits per heavy atom. The Morgan fingerprint density at radius 2 is 2.10 bits per heavy atom. The van der Waals surface area contributed by atoms with Crippen LogP contribution >= 0.6 is 11.3 Å². The zero-order valence-corrected chi connectivity index (χ0v) is 12.9. The molecule has 0 saturated heterocycles. The third kappa shape index (κ3) is 2.81. The summed E-state index contributed by atoms with van der Waals surface area (Å²) in [4.78, 5) is 10.3. The lowest BCUT2D eigenvalue weighted by molar-refractivity contribution is 0.554. The van der Waals surface area contributed by atoms with Crippen LogP contribution in [0, 0.1) is 13.8 Å². The molecular weight excluding hydrogens is 280 g/mol. The summed E-state index contributed by atoms with van der Waals surface area (Å²) >= 11 is 1.74. The summed E-state index contributed by atoms with van der Waals surface area (Å²) in [6, 6.07) is 10.2. The van der Waals surface area contributed by atoms with Crippen molar-refractivity contribution in [2.75, 3.05) is 0 Å². The van der Waals surface area contributed by atoms with Crippen LogP contribution in [0.15, 0.2) is 36.5 Å². The minimum absolute atomic E-state index is 0.0304. The van der Waals surface area contributed by atoms with E-state index in [1.54, 1.807) is 11.3 Å². The van der Waals surface area contributed by atoms with Gasteiger partial charge in [-0.15, -0.1) is 11.3 Å². The maximum atomic E-state index is 5.79. The van der Waals surface area contributed by atoms with Gasteiger partial charge < -0.3 is 0 Å². The van der Waals surface area contributed by atoms with Crippen molar-refractivity contribution in [2.45, 2.75) is 26.3 Å². The Bertz CT molecular complexity index is 741. The fourth-order valence-electron chi connectivity index (χ4n) is 2.49. The van der Waals surface area contributed by atoms with Crippen LogP contribution in [-0.2, 0) is 6.42 Å². The fourth-order valence-corrected chi connectivity index (χ4v) is 3.47. The van der Waals surface area contributed by atoms with Crippen molar-refractivity contribution >= 4 is 22.2 Å². The monoisotopic (exact) mass is 298 g/mol. The second-order valence-electron chi connectivity index (χ2n) is 5.09. The van der Waals surface area contributed by atoms with Crippen LogP contribution in [0.2, 0.25) is 0 Å². The molecule has 0 spiro atoms. The number of thiazole rings is 1. The molecule has 21 heavy (non-hydrogen) atoms. The van der Waals surface area contributed by atoms with Gasteiger partial charge >= 0.3 is 0 Å². The second kappa shape index (κ2) is 5.89. The topological polar surface area (TPSA) is 63.8 Å². The van der Waals surface area contributed by atoms with Crippen LogP contribution < -0.4 is 11.3 Å². The van der Waals surface area contributed by atoms with Gasteiger partial charge in [0.05, 0.1) is 22.3 Å². The maximum Gasteiger partial charge on any atom is 0.0950 e. The molecule has 1 aromatic carbocycles. The number of hydrogen-bond acceptors (Lipinski definition) is 5. The number of fused-ring (bicyclic) bond motifs is 1. The number of pyridine rings is 1. The highest BCUT2D eigenvalue weighted by Gasteiger charge is 2.16. The maximum absolute atomic E-state index is 5.79. The van der Waals surface area contributed by atoms with Crippen LogP contribution in [0.4, 0.5) is 0 Å². The zero-order chi connectivity index (χ0) is 14.8. The lowest BCUT2D eigenvalue weighted by Crippen LogP contribution is -2.29. The number of hydrogen-bond donors (Lipinski definition) is 2. The van der Waals surface area contributed by atoms with Gasteiger partial charge in [0.2, 0.25) is 0 Å². The van der Waals surface area contributed by atoms with E-state index in [1.807, 2.05) is 31.3 Å². The summed E-state index contributed by atoms with van der Waals surface area (Å²) in [5, 5.41) is 2.24. The molecule has 0 bridgehead atoms. The van der Waals surface area contributed by atoms with Gasteiger partial charge in [0, 0.05) is 22.9 Å². The smallest absolute Gasteiger partial charge is 0.0950 e. The van der Waals surface area contributed by atoms with Crippen LogP contribution in [0.25, 0.3) is 10.9 Å². The largest absolute Gasteiger partial charge is 0.271 e. The van der Waals surface area contributed by atoms with Crippen LogP contribution in [0.1, 0.15) is 27.2 Å². The Kier molecular flexibility index (Phi) is 3.96. The van der Waals surface area contributed by atoms with E-state index in [9.17, 15) is 0 Å². The van der Waals surface area contributed by atoms with Crippen molar-refractivity contribution < 1.29 is 0 Å². The quantitative estimate of drug-likeness (QED) is 0.574. The van der Waals surface area contributed by atoms with Gasteiger partial charge in [-0.1, -0.05) is 18.2 Å². The van der Waals surface area contributed by atoms with E-state index in [0.717, 1.165) is 33.6 Å². The highest BCUT2D eigenvalue weighted by Crippen LogP contribution is 2.27. The number of rotatable bonds is 4. The van der Waals surface area contributed by atoms with Crippen molar-refractivity contribution in [3.63, 3.8) is 0 Å². The molecule has 0 aliphatic carbocycles. The van der Waals surface area contributed by atoms with E-state index in [1.165, 1.54) is 4.88 Å². The number of nitrogens with one attached hydrogen (secondary N) is 1. The molecule has 1 atom stereocenters. The number of benzene rings is 1. The lowest BCUT2D eigenvalue weighted by atomic mass is 9.99. The molecule has 108 valence electrons. The van der Waals surface area contributed by atoms with Gasteiger partial charge in [0.1, 0.15) is 0 Å². The normalized spacial score (nSPS) is 12.7. The predicted octanol–water partition coefficient (Wildman–Crippen LogP) is 3.06. The minimum atomic E-state index is 0.0304. The molecular formula is C16H18N4S. The molecule has 2 aromatic heterocycles. The highest BCUT2D eigenvalue weighted by atomic mass is 32.1. The van der Waals surface area contributed by atoms with Crippen molar-refractivity contribution in [3.8, 4) is 0 Å². The minimum Gasteiger partial charge on any atom is -0.271 e. The van der Waals surface area contributed by atoms with E-state index in [0.29, 0.717) is 0 Å². The molecule has 0 saturated carbocycles. The van der Waals surface area contributed by atoms with E-state index < -0.39 is 0 Å². The van der Waals surface area contributed by atoms with Crippen LogP contribution in [-0.4, -0.2) is 9.97 Å². The van der Waals surface area contributed by atoms with Crippen molar-refractivity contribution in [2.24, 2.45) is 5.84 Å². The molecule has 0 fully saturated rings. The Labute approximate surface area is 128 Å². The molecule has 0 radical (unpaired) electrons. The van der Waals surface area contributed by atoms with Crippen LogP contribution in [0.5, 0.6) is 0 Å². The number of aryl methyl sites for hydroxylation is 2. The fraction of sp³-hybridized carbons (Fsp3) is 0.250. The summed E-state index contributed by atoms with van der Waals surface area (Å²) in [5.74, 6) is 5.79.